The molecule has 2 rings (SSSR count). The summed E-state index contributed by atoms with van der Waals surface area (Å²) in [6.07, 6.45) is 0.975. The maximum atomic E-state index is 11.9. The third kappa shape index (κ3) is 4.55. The van der Waals surface area contributed by atoms with E-state index in [0.29, 0.717) is 5.92 Å². The molecule has 1 fully saturated rings. The van der Waals surface area contributed by atoms with Gasteiger partial charge in [0.15, 0.2) is 0 Å². The molecule has 1 N–H and O–H groups in total. The quantitative estimate of drug-likeness (QED) is 0.875. The van der Waals surface area contributed by atoms with Crippen molar-refractivity contribution >= 4 is 5.97 Å². The first-order valence-electron chi connectivity index (χ1n) is 8.72. The van der Waals surface area contributed by atoms with Crippen molar-refractivity contribution < 1.29 is 9.90 Å². The zero-order valence-corrected chi connectivity index (χ0v) is 14.8. The summed E-state index contributed by atoms with van der Waals surface area (Å²) in [6.45, 7) is 12.5. The highest BCUT2D eigenvalue weighted by atomic mass is 16.4. The van der Waals surface area contributed by atoms with Crippen LogP contribution in [0.1, 0.15) is 44.9 Å². The van der Waals surface area contributed by atoms with Gasteiger partial charge in [-0.15, -0.1) is 0 Å². The molecule has 128 valence electrons. The van der Waals surface area contributed by atoms with Crippen LogP contribution in [0.15, 0.2) is 24.3 Å². The molecule has 0 spiro atoms. The molecule has 0 aromatic heterocycles. The summed E-state index contributed by atoms with van der Waals surface area (Å²) < 4.78 is 0. The number of aryl methyl sites for hydroxylation is 1. The van der Waals surface area contributed by atoms with Gasteiger partial charge in [0.25, 0.3) is 0 Å². The van der Waals surface area contributed by atoms with Crippen molar-refractivity contribution in [3.05, 3.63) is 35.4 Å². The van der Waals surface area contributed by atoms with Gasteiger partial charge in [-0.05, 0) is 30.4 Å². The lowest BCUT2D eigenvalue weighted by molar-refractivity contribution is -0.145. The van der Waals surface area contributed by atoms with Gasteiger partial charge >= 0.3 is 5.97 Å². The van der Waals surface area contributed by atoms with Gasteiger partial charge in [-0.25, -0.2) is 0 Å². The van der Waals surface area contributed by atoms with E-state index in [1.165, 1.54) is 5.56 Å². The highest BCUT2D eigenvalue weighted by molar-refractivity contribution is 5.75. The van der Waals surface area contributed by atoms with Crippen LogP contribution in [0.25, 0.3) is 0 Å². The molecule has 1 saturated heterocycles. The van der Waals surface area contributed by atoms with Crippen LogP contribution in [0, 0.1) is 5.92 Å². The second kappa shape index (κ2) is 7.93. The molecule has 1 aromatic carbocycles. The summed E-state index contributed by atoms with van der Waals surface area (Å²) in [7, 11) is 0. The Bertz CT molecular complexity index is 513. The van der Waals surface area contributed by atoms with Gasteiger partial charge < -0.3 is 10.0 Å². The van der Waals surface area contributed by atoms with Gasteiger partial charge in [-0.3, -0.25) is 9.69 Å². The first-order chi connectivity index (χ1) is 10.9. The molecule has 1 aliphatic heterocycles. The smallest absolute Gasteiger partial charge is 0.325 e. The summed E-state index contributed by atoms with van der Waals surface area (Å²) in [6, 6.07) is 7.75. The molecule has 0 radical (unpaired) electrons. The van der Waals surface area contributed by atoms with Crippen molar-refractivity contribution in [3.8, 4) is 0 Å². The van der Waals surface area contributed by atoms with Crippen LogP contribution in [0.4, 0.5) is 0 Å². The topological polar surface area (TPSA) is 43.8 Å². The van der Waals surface area contributed by atoms with Crippen molar-refractivity contribution in [1.29, 1.82) is 0 Å². The first-order valence-corrected chi connectivity index (χ1v) is 8.72. The number of carbonyl (C=O) groups is 1. The number of nitrogens with zero attached hydrogens (tertiary/aromatic N) is 2. The second-order valence-electron chi connectivity index (χ2n) is 7.08. The Balaban J connectivity index is 2.13. The fourth-order valence-electron chi connectivity index (χ4n) is 3.52. The Morgan fingerprint density at radius 1 is 1.26 bits per heavy atom. The number of rotatable bonds is 6. The normalized spacial score (nSPS) is 21.5. The van der Waals surface area contributed by atoms with E-state index in [2.05, 4.69) is 37.5 Å². The van der Waals surface area contributed by atoms with E-state index in [-0.39, 0.29) is 6.04 Å². The van der Waals surface area contributed by atoms with E-state index in [9.17, 15) is 9.90 Å². The number of carboxylic acids is 1. The van der Waals surface area contributed by atoms with Gasteiger partial charge in [0.05, 0.1) is 0 Å². The molecule has 0 bridgehead atoms. The molecular formula is C19H30N2O2. The van der Waals surface area contributed by atoms with Crippen molar-refractivity contribution in [2.45, 2.75) is 46.2 Å². The average Bonchev–Trinajstić information content (AvgIpc) is 2.49. The van der Waals surface area contributed by atoms with Crippen LogP contribution in [-0.2, 0) is 11.2 Å². The van der Waals surface area contributed by atoms with Crippen LogP contribution in [0.3, 0.4) is 0 Å². The zero-order valence-electron chi connectivity index (χ0n) is 14.8. The minimum Gasteiger partial charge on any atom is -0.480 e. The van der Waals surface area contributed by atoms with Crippen LogP contribution in [0.2, 0.25) is 0 Å². The lowest BCUT2D eigenvalue weighted by Gasteiger charge is -2.43. The predicted octanol–water partition coefficient (Wildman–Crippen LogP) is 3.04. The number of piperazine rings is 1. The van der Waals surface area contributed by atoms with Gasteiger partial charge in [-0.2, -0.15) is 0 Å². The van der Waals surface area contributed by atoms with E-state index in [1.807, 2.05) is 24.3 Å². The number of hydrogen-bond acceptors (Lipinski definition) is 3. The number of benzene rings is 1. The van der Waals surface area contributed by atoms with Gasteiger partial charge in [0.2, 0.25) is 0 Å². The highest BCUT2D eigenvalue weighted by Crippen LogP contribution is 2.26. The summed E-state index contributed by atoms with van der Waals surface area (Å²) in [5.41, 5.74) is 2.13. The number of carboxylic acid groups (broad SMARTS) is 1. The maximum Gasteiger partial charge on any atom is 0.325 e. The minimum atomic E-state index is -0.751. The third-order valence-corrected chi connectivity index (χ3v) is 4.66. The van der Waals surface area contributed by atoms with Crippen LogP contribution in [0.5, 0.6) is 0 Å². The van der Waals surface area contributed by atoms with Crippen molar-refractivity contribution in [1.82, 2.24) is 9.80 Å². The van der Waals surface area contributed by atoms with Crippen molar-refractivity contribution in [2.24, 2.45) is 5.92 Å². The van der Waals surface area contributed by atoms with Crippen molar-refractivity contribution in [3.63, 3.8) is 0 Å². The third-order valence-electron chi connectivity index (χ3n) is 4.66. The molecule has 1 heterocycles. The molecule has 0 amide bonds. The number of hydrogen-bond donors (Lipinski definition) is 1. The Kier molecular flexibility index (Phi) is 6.19. The molecule has 1 aromatic rings. The summed E-state index contributed by atoms with van der Waals surface area (Å²) in [5.74, 6) is -0.107. The molecular weight excluding hydrogens is 288 g/mol. The Labute approximate surface area is 140 Å². The first kappa shape index (κ1) is 18.0. The molecule has 2 unspecified atom stereocenters. The van der Waals surface area contributed by atoms with Crippen LogP contribution >= 0.6 is 0 Å². The van der Waals surface area contributed by atoms with Crippen molar-refractivity contribution in [2.75, 3.05) is 26.2 Å². The monoisotopic (exact) mass is 318 g/mol. The second-order valence-corrected chi connectivity index (χ2v) is 7.08. The lowest BCUT2D eigenvalue weighted by Crippen LogP contribution is -2.54. The SMILES string of the molecule is CCc1ccc(C(C(=O)O)N2CCN(CC(C)C)CC2C)cc1. The Morgan fingerprint density at radius 2 is 1.91 bits per heavy atom. The summed E-state index contributed by atoms with van der Waals surface area (Å²) >= 11 is 0. The van der Waals surface area contributed by atoms with E-state index in [1.54, 1.807) is 0 Å². The molecule has 4 nitrogen and oxygen atoms in total. The van der Waals surface area contributed by atoms with E-state index in [4.69, 9.17) is 0 Å². The summed E-state index contributed by atoms with van der Waals surface area (Å²) in [5, 5.41) is 9.78. The molecule has 4 heteroatoms. The predicted molar refractivity (Wildman–Crippen MR) is 93.6 cm³/mol. The molecule has 0 aliphatic carbocycles. The largest absolute Gasteiger partial charge is 0.480 e. The average molecular weight is 318 g/mol. The molecule has 2 atom stereocenters. The Hall–Kier alpha value is -1.39. The number of aliphatic carboxylic acids is 1. The zero-order chi connectivity index (χ0) is 17.0. The fourth-order valence-corrected chi connectivity index (χ4v) is 3.52. The Morgan fingerprint density at radius 3 is 2.39 bits per heavy atom. The summed E-state index contributed by atoms with van der Waals surface area (Å²) in [4.78, 5) is 16.5. The van der Waals surface area contributed by atoms with Crippen LogP contribution in [-0.4, -0.2) is 53.1 Å². The molecule has 1 aliphatic rings. The standard InChI is InChI=1S/C19H30N2O2/c1-5-16-6-8-17(9-7-16)18(19(22)23)21-11-10-20(12-14(2)3)13-15(21)4/h6-9,14-15,18H,5,10-13H2,1-4H3,(H,22,23). The highest BCUT2D eigenvalue weighted by Gasteiger charge is 2.34. The lowest BCUT2D eigenvalue weighted by atomic mass is 9.99. The van der Waals surface area contributed by atoms with Gasteiger partial charge in [-0.1, -0.05) is 45.0 Å². The minimum absolute atomic E-state index is 0.245. The van der Waals surface area contributed by atoms with Crippen LogP contribution < -0.4 is 0 Å². The van der Waals surface area contributed by atoms with E-state index >= 15 is 0 Å². The molecule has 23 heavy (non-hydrogen) atoms. The fraction of sp³-hybridized carbons (Fsp3) is 0.632. The van der Waals surface area contributed by atoms with E-state index in [0.717, 1.165) is 38.2 Å². The van der Waals surface area contributed by atoms with Gasteiger partial charge in [0.1, 0.15) is 6.04 Å². The molecule has 0 saturated carbocycles. The van der Waals surface area contributed by atoms with E-state index < -0.39 is 12.0 Å². The maximum absolute atomic E-state index is 11.9. The van der Waals surface area contributed by atoms with Gasteiger partial charge in [0, 0.05) is 32.2 Å².